The van der Waals surface area contributed by atoms with Gasteiger partial charge in [0.05, 0.1) is 25.2 Å². The molecule has 1 N–H and O–H groups in total. The van der Waals surface area contributed by atoms with E-state index in [1.165, 1.54) is 19.2 Å². The van der Waals surface area contributed by atoms with E-state index in [1.54, 1.807) is 26.0 Å². The topological polar surface area (TPSA) is 181 Å². The number of aliphatic hydroxyl groups is 1. The second kappa shape index (κ2) is 23.5. The molecule has 1 saturated heterocycles. The highest BCUT2D eigenvalue weighted by Gasteiger charge is 2.24. The summed E-state index contributed by atoms with van der Waals surface area (Å²) in [6.45, 7) is 18.9. The number of ether oxygens (including phenoxy) is 5. The van der Waals surface area contributed by atoms with Crippen LogP contribution in [0.5, 0.6) is 0 Å². The second-order valence-corrected chi connectivity index (χ2v) is 9.78. The molecule has 1 aliphatic heterocycles. The van der Waals surface area contributed by atoms with Gasteiger partial charge in [0.1, 0.15) is 32.5 Å². The quantitative estimate of drug-likeness (QED) is 0.0840. The van der Waals surface area contributed by atoms with Crippen LogP contribution in [-0.4, -0.2) is 90.3 Å². The Hall–Kier alpha value is -4.11. The van der Waals surface area contributed by atoms with Gasteiger partial charge in [0.25, 0.3) is 10.1 Å². The SMILES string of the molecule is C=C(C)C(=O)OC.C=C(C)C(=O)OCC1CO1.C=CC(=O)OCCO.C=CC(=O)OCCOS(=O)(=O)c1ccc(C)cc1. The molecule has 240 valence electrons. The summed E-state index contributed by atoms with van der Waals surface area (Å²) in [5.74, 6) is -1.80. The molecular formula is C29H40O13S. The fourth-order valence-corrected chi connectivity index (χ4v) is 2.85. The van der Waals surface area contributed by atoms with E-state index in [2.05, 4.69) is 40.5 Å². The third-order valence-corrected chi connectivity index (χ3v) is 5.56. The number of aryl methyl sites for hydroxylation is 1. The number of benzene rings is 1. The molecule has 0 aromatic heterocycles. The van der Waals surface area contributed by atoms with Crippen molar-refractivity contribution in [2.75, 3.05) is 46.8 Å². The molecule has 13 nitrogen and oxygen atoms in total. The molecule has 1 aromatic rings. The van der Waals surface area contributed by atoms with E-state index in [4.69, 9.17) is 18.8 Å². The van der Waals surface area contributed by atoms with Crippen molar-refractivity contribution in [3.8, 4) is 0 Å². The molecule has 1 aliphatic rings. The minimum atomic E-state index is -3.80. The largest absolute Gasteiger partial charge is 0.466 e. The molecule has 43 heavy (non-hydrogen) atoms. The number of epoxide rings is 1. The first kappa shape index (κ1) is 41.0. The Morgan fingerprint density at radius 3 is 1.77 bits per heavy atom. The number of rotatable bonds is 13. The standard InChI is InChI=1S/C12H14O5S.C7H10O3.C5H8O3.C5H8O2/c1-3-12(13)16-8-9-17-18(14,15)11-6-4-10(2)5-7-11;1-5(2)7(8)10-4-6-3-9-6;1-2-5(7)8-4-3-6;1-4(2)5(6)7-3/h3-7H,1,8-9H2,2H3;6H,1,3-4H2,2H3;2,6H,1,3-4H2;1H2,2-3H3. The Morgan fingerprint density at radius 1 is 0.907 bits per heavy atom. The third-order valence-electron chi connectivity index (χ3n) is 4.23. The maximum Gasteiger partial charge on any atom is 0.333 e. The highest BCUT2D eigenvalue weighted by Crippen LogP contribution is 2.13. The van der Waals surface area contributed by atoms with Crippen LogP contribution in [0, 0.1) is 6.92 Å². The highest BCUT2D eigenvalue weighted by molar-refractivity contribution is 7.86. The van der Waals surface area contributed by atoms with Gasteiger partial charge in [-0.15, -0.1) is 0 Å². The molecule has 0 radical (unpaired) electrons. The van der Waals surface area contributed by atoms with Crippen molar-refractivity contribution in [1.82, 2.24) is 0 Å². The van der Waals surface area contributed by atoms with Gasteiger partial charge in [-0.1, -0.05) is 44.0 Å². The van der Waals surface area contributed by atoms with E-state index in [0.717, 1.165) is 17.7 Å². The van der Waals surface area contributed by atoms with Gasteiger partial charge in [0, 0.05) is 23.3 Å². The Balaban J connectivity index is 0. The van der Waals surface area contributed by atoms with E-state index >= 15 is 0 Å². The van der Waals surface area contributed by atoms with Gasteiger partial charge < -0.3 is 28.8 Å². The Labute approximate surface area is 252 Å². The first-order valence-corrected chi connectivity index (χ1v) is 13.9. The molecule has 1 atom stereocenters. The summed E-state index contributed by atoms with van der Waals surface area (Å²) in [4.78, 5) is 41.8. The predicted octanol–water partition coefficient (Wildman–Crippen LogP) is 2.38. The van der Waals surface area contributed by atoms with Crippen molar-refractivity contribution in [3.05, 3.63) is 79.4 Å². The van der Waals surface area contributed by atoms with Crippen molar-refractivity contribution < 1.29 is 60.6 Å². The zero-order chi connectivity index (χ0) is 33.4. The molecule has 0 spiro atoms. The smallest absolute Gasteiger partial charge is 0.333 e. The van der Waals surface area contributed by atoms with Crippen molar-refractivity contribution in [2.24, 2.45) is 0 Å². The van der Waals surface area contributed by atoms with E-state index in [1.807, 2.05) is 6.92 Å². The van der Waals surface area contributed by atoms with Gasteiger partial charge >= 0.3 is 23.9 Å². The summed E-state index contributed by atoms with van der Waals surface area (Å²) in [6, 6.07) is 6.27. The Kier molecular flexibility index (Phi) is 22.4. The van der Waals surface area contributed by atoms with Crippen LogP contribution < -0.4 is 0 Å². The number of aliphatic hydroxyl groups excluding tert-OH is 1. The van der Waals surface area contributed by atoms with E-state index in [0.29, 0.717) is 24.4 Å². The van der Waals surface area contributed by atoms with Gasteiger partial charge in [-0.05, 0) is 32.9 Å². The van der Waals surface area contributed by atoms with Gasteiger partial charge in [-0.3, -0.25) is 4.18 Å². The van der Waals surface area contributed by atoms with Gasteiger partial charge in [-0.25, -0.2) is 19.2 Å². The molecule has 1 fully saturated rings. The van der Waals surface area contributed by atoms with Crippen molar-refractivity contribution in [2.45, 2.75) is 31.8 Å². The average molecular weight is 629 g/mol. The number of hydrogen-bond acceptors (Lipinski definition) is 13. The molecule has 1 unspecified atom stereocenters. The minimum Gasteiger partial charge on any atom is -0.466 e. The molecule has 0 amide bonds. The average Bonchev–Trinajstić information content (AvgIpc) is 3.82. The summed E-state index contributed by atoms with van der Waals surface area (Å²) in [7, 11) is -2.47. The highest BCUT2D eigenvalue weighted by atomic mass is 32.2. The zero-order valence-corrected chi connectivity index (χ0v) is 25.7. The van der Waals surface area contributed by atoms with Crippen LogP contribution in [0.3, 0.4) is 0 Å². The molecule has 1 aromatic carbocycles. The molecule has 2 rings (SSSR count). The lowest BCUT2D eigenvalue weighted by molar-refractivity contribution is -0.140. The zero-order valence-electron chi connectivity index (χ0n) is 24.9. The Morgan fingerprint density at radius 2 is 1.40 bits per heavy atom. The van der Waals surface area contributed by atoms with E-state index in [9.17, 15) is 27.6 Å². The van der Waals surface area contributed by atoms with Crippen LogP contribution in [0.4, 0.5) is 0 Å². The molecule has 1 heterocycles. The first-order chi connectivity index (χ1) is 20.1. The van der Waals surface area contributed by atoms with Crippen molar-refractivity contribution in [3.63, 3.8) is 0 Å². The third kappa shape index (κ3) is 23.2. The number of carbonyl (C=O) groups is 4. The first-order valence-electron chi connectivity index (χ1n) is 12.5. The normalized spacial score (nSPS) is 12.4. The fraction of sp³-hybridized carbons (Fsp3) is 0.379. The van der Waals surface area contributed by atoms with Crippen LogP contribution in [0.15, 0.2) is 78.8 Å². The van der Waals surface area contributed by atoms with Crippen LogP contribution in [0.1, 0.15) is 19.4 Å². The molecule has 0 aliphatic carbocycles. The summed E-state index contributed by atoms with van der Waals surface area (Å²) in [5.41, 5.74) is 1.82. The van der Waals surface area contributed by atoms with Crippen LogP contribution in [0.25, 0.3) is 0 Å². The lowest BCUT2D eigenvalue weighted by Gasteiger charge is -2.06. The predicted molar refractivity (Wildman–Crippen MR) is 156 cm³/mol. The van der Waals surface area contributed by atoms with Crippen LogP contribution in [-0.2, 0) is 57.2 Å². The lowest BCUT2D eigenvalue weighted by Crippen LogP contribution is -2.13. The van der Waals surface area contributed by atoms with Gasteiger partial charge in [-0.2, -0.15) is 8.42 Å². The van der Waals surface area contributed by atoms with Crippen molar-refractivity contribution >= 4 is 34.0 Å². The van der Waals surface area contributed by atoms with Crippen molar-refractivity contribution in [1.29, 1.82) is 0 Å². The monoisotopic (exact) mass is 628 g/mol. The molecule has 14 heteroatoms. The van der Waals surface area contributed by atoms with E-state index < -0.39 is 22.1 Å². The number of esters is 4. The number of hydrogen-bond donors (Lipinski definition) is 1. The van der Waals surface area contributed by atoms with Crippen LogP contribution in [0.2, 0.25) is 0 Å². The maximum absolute atomic E-state index is 11.7. The Bertz CT molecular complexity index is 1180. The minimum absolute atomic E-state index is 0.0465. The number of methoxy groups -OCH3 is 1. The maximum atomic E-state index is 11.7. The number of carbonyl (C=O) groups excluding carboxylic acids is 4. The van der Waals surface area contributed by atoms with Gasteiger partial charge in [0.15, 0.2) is 0 Å². The summed E-state index contributed by atoms with van der Waals surface area (Å²) < 4.78 is 50.9. The molecule has 0 bridgehead atoms. The van der Waals surface area contributed by atoms with Gasteiger partial charge in [0.2, 0.25) is 0 Å². The molecular weight excluding hydrogens is 588 g/mol. The summed E-state index contributed by atoms with van der Waals surface area (Å²) in [5, 5.41) is 8.10. The van der Waals surface area contributed by atoms with E-state index in [-0.39, 0.29) is 49.4 Å². The fourth-order valence-electron chi connectivity index (χ4n) is 1.95. The summed E-state index contributed by atoms with van der Waals surface area (Å²) >= 11 is 0. The lowest BCUT2D eigenvalue weighted by atomic mass is 10.2. The van der Waals surface area contributed by atoms with Crippen LogP contribution >= 0.6 is 0 Å². The summed E-state index contributed by atoms with van der Waals surface area (Å²) in [6.07, 6.45) is 2.19. The second-order valence-electron chi connectivity index (χ2n) is 8.16. The molecule has 0 saturated carbocycles.